The number of carbonyl (C=O) groups excluding carboxylic acids is 1. The van der Waals surface area contributed by atoms with Gasteiger partial charge >= 0.3 is 0 Å². The van der Waals surface area contributed by atoms with E-state index in [4.69, 9.17) is 16.3 Å². The van der Waals surface area contributed by atoms with Gasteiger partial charge < -0.3 is 20.1 Å². The van der Waals surface area contributed by atoms with E-state index < -0.39 is 18.0 Å². The van der Waals surface area contributed by atoms with Gasteiger partial charge in [-0.1, -0.05) is 23.7 Å². The second-order valence-electron chi connectivity index (χ2n) is 8.18. The first-order valence-corrected chi connectivity index (χ1v) is 11.7. The summed E-state index contributed by atoms with van der Waals surface area (Å²) in [4.78, 5) is 22.3. The van der Waals surface area contributed by atoms with Gasteiger partial charge in [-0.25, -0.2) is 14.4 Å². The van der Waals surface area contributed by atoms with Gasteiger partial charge in [0.05, 0.1) is 22.9 Å². The molecule has 2 N–H and O–H groups in total. The SMILES string of the molecule is C/C=C(\C=C/N(C=O)C(CC(C)O)c1ccc(Cl)c(F)c1)c1ccnc(NC2CCOCC2)n1. The van der Waals surface area contributed by atoms with Crippen molar-refractivity contribution in [3.63, 3.8) is 0 Å². The average Bonchev–Trinajstić information content (AvgIpc) is 2.83. The highest BCUT2D eigenvalue weighted by molar-refractivity contribution is 6.30. The molecule has 3 rings (SSSR count). The third-order valence-corrected chi connectivity index (χ3v) is 5.92. The van der Waals surface area contributed by atoms with Crippen LogP contribution in [0.3, 0.4) is 0 Å². The Hall–Kier alpha value is -2.81. The van der Waals surface area contributed by atoms with Gasteiger partial charge in [-0.2, -0.15) is 0 Å². The molecule has 34 heavy (non-hydrogen) atoms. The number of anilines is 1. The first kappa shape index (κ1) is 25.8. The van der Waals surface area contributed by atoms with Crippen LogP contribution in [0, 0.1) is 5.82 Å². The van der Waals surface area contributed by atoms with E-state index >= 15 is 0 Å². The molecule has 1 aromatic carbocycles. The van der Waals surface area contributed by atoms with E-state index in [0.717, 1.165) is 18.4 Å². The lowest BCUT2D eigenvalue weighted by Crippen LogP contribution is -2.28. The van der Waals surface area contributed by atoms with Crippen LogP contribution in [0.15, 0.2) is 48.8 Å². The Labute approximate surface area is 204 Å². The van der Waals surface area contributed by atoms with E-state index in [-0.39, 0.29) is 17.5 Å². The van der Waals surface area contributed by atoms with Crippen molar-refractivity contribution in [1.29, 1.82) is 0 Å². The van der Waals surface area contributed by atoms with Gasteiger partial charge in [-0.15, -0.1) is 0 Å². The number of benzene rings is 1. The molecule has 1 fully saturated rings. The molecule has 1 aliphatic rings. The van der Waals surface area contributed by atoms with Crippen molar-refractivity contribution >= 4 is 29.5 Å². The van der Waals surface area contributed by atoms with E-state index in [1.54, 1.807) is 37.5 Å². The van der Waals surface area contributed by atoms with E-state index in [9.17, 15) is 14.3 Å². The highest BCUT2D eigenvalue weighted by Gasteiger charge is 2.21. The van der Waals surface area contributed by atoms with Gasteiger partial charge in [0.25, 0.3) is 0 Å². The van der Waals surface area contributed by atoms with Crippen LogP contribution >= 0.6 is 11.6 Å². The molecule has 0 saturated carbocycles. The lowest BCUT2D eigenvalue weighted by Gasteiger charge is -2.27. The lowest BCUT2D eigenvalue weighted by atomic mass is 9.99. The Morgan fingerprint density at radius 1 is 1.38 bits per heavy atom. The monoisotopic (exact) mass is 488 g/mol. The largest absolute Gasteiger partial charge is 0.393 e. The molecule has 2 atom stereocenters. The van der Waals surface area contributed by atoms with Gasteiger partial charge in [-0.05, 0) is 68.5 Å². The second kappa shape index (κ2) is 12.6. The first-order chi connectivity index (χ1) is 16.4. The minimum atomic E-state index is -0.707. The highest BCUT2D eigenvalue weighted by Crippen LogP contribution is 2.29. The number of aromatic nitrogens is 2. The number of ether oxygens (including phenoxy) is 1. The fraction of sp³-hybridized carbons (Fsp3) is 0.400. The number of carbonyl (C=O) groups is 1. The molecule has 0 bridgehead atoms. The lowest BCUT2D eigenvalue weighted by molar-refractivity contribution is -0.118. The fourth-order valence-corrected chi connectivity index (χ4v) is 3.91. The first-order valence-electron chi connectivity index (χ1n) is 11.3. The van der Waals surface area contributed by atoms with Gasteiger partial charge in [0.2, 0.25) is 12.4 Å². The molecule has 0 spiro atoms. The summed E-state index contributed by atoms with van der Waals surface area (Å²) in [6.45, 7) is 4.93. The molecule has 1 amide bonds. The summed E-state index contributed by atoms with van der Waals surface area (Å²) in [5, 5.41) is 13.3. The molecule has 9 heteroatoms. The van der Waals surface area contributed by atoms with Gasteiger partial charge in [0, 0.05) is 31.7 Å². The number of hydrogen-bond donors (Lipinski definition) is 2. The third-order valence-electron chi connectivity index (χ3n) is 5.62. The number of nitrogens with zero attached hydrogens (tertiary/aromatic N) is 3. The summed E-state index contributed by atoms with van der Waals surface area (Å²) < 4.78 is 19.5. The summed E-state index contributed by atoms with van der Waals surface area (Å²) >= 11 is 5.82. The number of halogens is 2. The van der Waals surface area contributed by atoms with E-state index in [2.05, 4.69) is 15.3 Å². The molecule has 2 unspecified atom stereocenters. The van der Waals surface area contributed by atoms with E-state index in [1.807, 2.05) is 13.0 Å². The quantitative estimate of drug-likeness (QED) is 0.371. The van der Waals surface area contributed by atoms with Crippen LogP contribution in [0.2, 0.25) is 5.02 Å². The fourth-order valence-electron chi connectivity index (χ4n) is 3.79. The summed E-state index contributed by atoms with van der Waals surface area (Å²) in [5.74, 6) is -0.0442. The van der Waals surface area contributed by atoms with Crippen molar-refractivity contribution < 1.29 is 19.0 Å². The minimum Gasteiger partial charge on any atom is -0.393 e. The van der Waals surface area contributed by atoms with Crippen molar-refractivity contribution in [2.45, 2.75) is 51.3 Å². The van der Waals surface area contributed by atoms with Crippen LogP contribution in [0.1, 0.15) is 50.4 Å². The molecule has 2 aromatic rings. The Morgan fingerprint density at radius 2 is 2.15 bits per heavy atom. The van der Waals surface area contributed by atoms with Crippen molar-refractivity contribution in [3.05, 3.63) is 70.9 Å². The number of allylic oxidation sites excluding steroid dienone is 3. The number of rotatable bonds is 10. The molecular weight excluding hydrogens is 459 g/mol. The topological polar surface area (TPSA) is 87.6 Å². The van der Waals surface area contributed by atoms with Crippen molar-refractivity contribution in [2.24, 2.45) is 0 Å². The van der Waals surface area contributed by atoms with Crippen LogP contribution in [0.4, 0.5) is 10.3 Å². The number of aliphatic hydroxyl groups is 1. The summed E-state index contributed by atoms with van der Waals surface area (Å²) in [6, 6.07) is 5.86. The predicted octanol–water partition coefficient (Wildman–Crippen LogP) is 4.75. The summed E-state index contributed by atoms with van der Waals surface area (Å²) in [5.41, 5.74) is 2.01. The van der Waals surface area contributed by atoms with Crippen molar-refractivity contribution in [3.8, 4) is 0 Å². The Balaban J connectivity index is 1.81. The molecule has 182 valence electrons. The standard InChI is InChI=1S/C25H30ClFN4O3/c1-3-18(23-6-10-28-25(30-23)29-20-8-12-34-13-9-20)7-11-31(16-32)24(14-17(2)33)19-4-5-21(26)22(27)15-19/h3-7,10-11,15-17,20,24,33H,8-9,12-14H2,1-2H3,(H,28,29,30)/b11-7-,18-3+. The van der Waals surface area contributed by atoms with Gasteiger partial charge in [-0.3, -0.25) is 4.79 Å². The number of nitrogens with one attached hydrogen (secondary N) is 1. The van der Waals surface area contributed by atoms with Crippen LogP contribution in [0.5, 0.6) is 0 Å². The summed E-state index contributed by atoms with van der Waals surface area (Å²) in [7, 11) is 0. The Kier molecular flexibility index (Phi) is 9.56. The average molecular weight is 489 g/mol. The molecule has 7 nitrogen and oxygen atoms in total. The Bertz CT molecular complexity index is 1020. The maximum atomic E-state index is 14.1. The third kappa shape index (κ3) is 7.09. The second-order valence-corrected chi connectivity index (χ2v) is 8.59. The number of amides is 1. The molecular formula is C25H30ClFN4O3. The van der Waals surface area contributed by atoms with Crippen LogP contribution in [-0.4, -0.2) is 51.7 Å². The van der Waals surface area contributed by atoms with Crippen LogP contribution in [0.25, 0.3) is 5.57 Å². The molecule has 1 aliphatic heterocycles. The number of hydrogen-bond acceptors (Lipinski definition) is 6. The van der Waals surface area contributed by atoms with Gasteiger partial charge in [0.15, 0.2) is 0 Å². The van der Waals surface area contributed by atoms with Crippen molar-refractivity contribution in [2.75, 3.05) is 18.5 Å². The van der Waals surface area contributed by atoms with Gasteiger partial charge in [0.1, 0.15) is 5.82 Å². The molecule has 1 aromatic heterocycles. The zero-order valence-corrected chi connectivity index (χ0v) is 20.1. The Morgan fingerprint density at radius 3 is 2.79 bits per heavy atom. The number of aliphatic hydroxyl groups excluding tert-OH is 1. The van der Waals surface area contributed by atoms with E-state index in [0.29, 0.717) is 36.8 Å². The normalized spacial score (nSPS) is 16.9. The molecule has 2 heterocycles. The molecule has 0 aliphatic carbocycles. The molecule has 1 saturated heterocycles. The van der Waals surface area contributed by atoms with Crippen LogP contribution < -0.4 is 5.32 Å². The minimum absolute atomic E-state index is 0.00197. The highest BCUT2D eigenvalue weighted by atomic mass is 35.5. The van der Waals surface area contributed by atoms with Crippen LogP contribution in [-0.2, 0) is 9.53 Å². The molecule has 0 radical (unpaired) electrons. The smallest absolute Gasteiger partial charge is 0.223 e. The zero-order chi connectivity index (χ0) is 24.5. The maximum Gasteiger partial charge on any atom is 0.223 e. The summed E-state index contributed by atoms with van der Waals surface area (Å²) in [6.07, 6.45) is 8.90. The maximum absolute atomic E-state index is 14.1. The van der Waals surface area contributed by atoms with Crippen molar-refractivity contribution in [1.82, 2.24) is 14.9 Å². The van der Waals surface area contributed by atoms with E-state index in [1.165, 1.54) is 17.0 Å². The predicted molar refractivity (Wildman–Crippen MR) is 131 cm³/mol. The zero-order valence-electron chi connectivity index (χ0n) is 19.3.